The lowest BCUT2D eigenvalue weighted by molar-refractivity contribution is -0.198. The number of likely N-dealkylation sites (N-methyl/N-ethyl adjacent to an activating group) is 1. The summed E-state index contributed by atoms with van der Waals surface area (Å²) in [7, 11) is 3.46. The molecule has 0 aromatic heterocycles. The van der Waals surface area contributed by atoms with E-state index in [0.29, 0.717) is 11.1 Å². The highest BCUT2D eigenvalue weighted by atomic mass is 16.6. The van der Waals surface area contributed by atoms with Gasteiger partial charge in [0.25, 0.3) is 0 Å². The van der Waals surface area contributed by atoms with Crippen LogP contribution < -0.4 is 0 Å². The molecule has 0 saturated heterocycles. The molecule has 0 unspecified atom stereocenters. The van der Waals surface area contributed by atoms with Crippen molar-refractivity contribution < 1.29 is 48.7 Å². The van der Waals surface area contributed by atoms with E-state index in [1.807, 2.05) is 6.07 Å². The molecule has 0 amide bonds. The first kappa shape index (κ1) is 35.5. The number of esters is 3. The van der Waals surface area contributed by atoms with Gasteiger partial charge in [-0.3, -0.25) is 19.3 Å². The lowest BCUT2D eigenvalue weighted by atomic mass is 9.49. The number of carbonyl (C=O) groups is 4. The van der Waals surface area contributed by atoms with E-state index in [0.717, 1.165) is 0 Å². The molecule has 0 spiro atoms. The van der Waals surface area contributed by atoms with E-state index in [2.05, 4.69) is 6.58 Å². The number of rotatable bonds is 7. The molecule has 252 valence electrons. The van der Waals surface area contributed by atoms with Gasteiger partial charge in [0.05, 0.1) is 17.6 Å². The second-order valence-electron chi connectivity index (χ2n) is 13.9. The van der Waals surface area contributed by atoms with E-state index < -0.39 is 89.0 Å². The van der Waals surface area contributed by atoms with Gasteiger partial charge >= 0.3 is 17.9 Å². The Hall–Kier alpha value is -3.38. The van der Waals surface area contributed by atoms with E-state index in [1.165, 1.54) is 13.8 Å². The van der Waals surface area contributed by atoms with Crippen LogP contribution in [0.3, 0.4) is 0 Å². The summed E-state index contributed by atoms with van der Waals surface area (Å²) in [5, 5.41) is 33.7. The number of aliphatic hydroxyl groups is 3. The van der Waals surface area contributed by atoms with Crippen LogP contribution in [-0.2, 0) is 33.4 Å². The minimum Gasteiger partial charge on any atom is -0.462 e. The van der Waals surface area contributed by atoms with Gasteiger partial charge in [0.15, 0.2) is 12.2 Å². The fourth-order valence-electron chi connectivity index (χ4n) is 8.16. The van der Waals surface area contributed by atoms with Crippen molar-refractivity contribution in [3.63, 3.8) is 0 Å². The number of fused-ring (bicyclic) bond motifs is 3. The number of hydrogen-bond donors (Lipinski definition) is 3. The normalized spacial score (nSPS) is 33.7. The van der Waals surface area contributed by atoms with Crippen molar-refractivity contribution in [1.29, 1.82) is 0 Å². The van der Waals surface area contributed by atoms with E-state index in [9.17, 15) is 34.5 Å². The van der Waals surface area contributed by atoms with Crippen molar-refractivity contribution in [2.24, 2.45) is 22.7 Å². The Morgan fingerprint density at radius 3 is 2.11 bits per heavy atom. The maximum atomic E-state index is 14.5. The highest BCUT2D eigenvalue weighted by Crippen LogP contribution is 2.59. The van der Waals surface area contributed by atoms with Crippen LogP contribution in [0.15, 0.2) is 53.6 Å². The predicted molar refractivity (Wildman–Crippen MR) is 167 cm³/mol. The van der Waals surface area contributed by atoms with Crippen molar-refractivity contribution in [2.75, 3.05) is 14.1 Å². The molecule has 11 nitrogen and oxygen atoms in total. The predicted octanol–water partition coefficient (Wildman–Crippen LogP) is 2.67. The van der Waals surface area contributed by atoms with E-state index in [-0.39, 0.29) is 24.0 Å². The van der Waals surface area contributed by atoms with E-state index in [4.69, 9.17) is 14.2 Å². The quantitative estimate of drug-likeness (QED) is 0.228. The molecule has 46 heavy (non-hydrogen) atoms. The molecule has 1 aromatic rings. The van der Waals surface area contributed by atoms with Crippen LogP contribution >= 0.6 is 0 Å². The average molecular weight is 642 g/mol. The molecule has 0 heterocycles. The molecule has 1 aromatic carbocycles. The summed E-state index contributed by atoms with van der Waals surface area (Å²) < 4.78 is 17.5. The second kappa shape index (κ2) is 13.0. The van der Waals surface area contributed by atoms with Crippen molar-refractivity contribution in [2.45, 2.75) is 97.0 Å². The lowest BCUT2D eigenvalue weighted by Gasteiger charge is -2.58. The molecule has 2 bridgehead atoms. The fraction of sp³-hybridized carbons (Fsp3) is 0.600. The van der Waals surface area contributed by atoms with Crippen LogP contribution in [0.2, 0.25) is 0 Å². The Morgan fingerprint density at radius 2 is 1.57 bits per heavy atom. The van der Waals surface area contributed by atoms with Crippen LogP contribution in [0.4, 0.5) is 0 Å². The standard InChI is InChI=1S/C35H47NO10/c1-17-22-15-23-29(40)28(39)18(2)26(34(23,5)6)30(41)32(45-20(4)38)35(22,7)25(44-19(3)37)16-24(17)46-33(43)31(42)27(36(8)9)21-13-11-10-12-14-21/h10-14,22-25,27-29,31-32,39-40,42H,1,15-16H2,2-9H3/t22-,23-,24-,25-,27+,28-,29-,31-,32-,35-/m1/s1. The molecule has 10 atom stereocenters. The third kappa shape index (κ3) is 6.05. The molecule has 3 N–H and O–H groups in total. The van der Waals surface area contributed by atoms with Crippen LogP contribution in [0.25, 0.3) is 0 Å². The highest BCUT2D eigenvalue weighted by molar-refractivity contribution is 6.02. The van der Waals surface area contributed by atoms with Crippen molar-refractivity contribution >= 4 is 23.7 Å². The fourth-order valence-corrected chi connectivity index (χ4v) is 8.16. The van der Waals surface area contributed by atoms with Gasteiger partial charge in [0.2, 0.25) is 5.78 Å². The molecule has 0 radical (unpaired) electrons. The molecular formula is C35H47NO10. The van der Waals surface area contributed by atoms with Gasteiger partial charge in [-0.15, -0.1) is 0 Å². The van der Waals surface area contributed by atoms with Gasteiger partial charge in [-0.25, -0.2) is 4.79 Å². The zero-order valence-corrected chi connectivity index (χ0v) is 27.9. The van der Waals surface area contributed by atoms with E-state index >= 15 is 0 Å². The van der Waals surface area contributed by atoms with Crippen molar-refractivity contribution in [3.05, 3.63) is 59.2 Å². The van der Waals surface area contributed by atoms with Crippen LogP contribution in [0, 0.1) is 22.7 Å². The summed E-state index contributed by atoms with van der Waals surface area (Å²) in [6, 6.07) is 8.27. The number of benzene rings is 1. The molecule has 3 aliphatic carbocycles. The molecule has 11 heteroatoms. The Morgan fingerprint density at radius 1 is 0.978 bits per heavy atom. The average Bonchev–Trinajstić information content (AvgIpc) is 2.96. The summed E-state index contributed by atoms with van der Waals surface area (Å²) in [6.45, 7) is 13.5. The van der Waals surface area contributed by atoms with Crippen LogP contribution in [0.1, 0.15) is 66.0 Å². The first-order chi connectivity index (χ1) is 21.3. The number of nitrogens with zero attached hydrogens (tertiary/aromatic N) is 1. The lowest BCUT2D eigenvalue weighted by Crippen LogP contribution is -2.64. The SMILES string of the molecule is C=C1[C@H]2C[C@@H]3[C@@H](O)[C@H](O)C(C)=C(C(=O)[C@@H](OC(C)=O)[C@@]2(C)[C@H](OC(C)=O)C[C@H]1OC(=O)[C@H](O)[C@H](c1ccccc1)N(C)C)C3(C)C. The monoisotopic (exact) mass is 641 g/mol. The summed E-state index contributed by atoms with van der Waals surface area (Å²) >= 11 is 0. The van der Waals surface area contributed by atoms with Crippen molar-refractivity contribution in [3.8, 4) is 0 Å². The zero-order chi connectivity index (χ0) is 34.5. The molecule has 2 fully saturated rings. The number of hydrogen-bond acceptors (Lipinski definition) is 11. The molecule has 2 saturated carbocycles. The van der Waals surface area contributed by atoms with Gasteiger partial charge in [0, 0.05) is 25.8 Å². The Balaban J connectivity index is 1.82. The topological polar surface area (TPSA) is 160 Å². The Labute approximate surface area is 270 Å². The second-order valence-corrected chi connectivity index (χ2v) is 13.9. The Kier molecular flexibility index (Phi) is 10.0. The largest absolute Gasteiger partial charge is 0.462 e. The van der Waals surface area contributed by atoms with Gasteiger partial charge in [0.1, 0.15) is 18.3 Å². The number of carbonyl (C=O) groups excluding carboxylic acids is 4. The molecular weight excluding hydrogens is 594 g/mol. The minimum atomic E-state index is -1.59. The smallest absolute Gasteiger partial charge is 0.337 e. The van der Waals surface area contributed by atoms with Gasteiger partial charge < -0.3 is 29.5 Å². The first-order valence-corrected chi connectivity index (χ1v) is 15.6. The van der Waals surface area contributed by atoms with E-state index in [1.54, 1.807) is 71.0 Å². The molecule has 0 aliphatic heterocycles. The van der Waals surface area contributed by atoms with Gasteiger partial charge in [-0.2, -0.15) is 0 Å². The van der Waals surface area contributed by atoms with Crippen LogP contribution in [-0.4, -0.2) is 94.6 Å². The summed E-state index contributed by atoms with van der Waals surface area (Å²) in [5.41, 5.74) is -0.785. The summed E-state index contributed by atoms with van der Waals surface area (Å²) in [5.74, 6) is -4.37. The van der Waals surface area contributed by atoms with Gasteiger partial charge in [-0.1, -0.05) is 57.7 Å². The maximum Gasteiger partial charge on any atom is 0.337 e. The maximum absolute atomic E-state index is 14.5. The summed E-state index contributed by atoms with van der Waals surface area (Å²) in [6.07, 6.45) is -7.81. The highest BCUT2D eigenvalue weighted by Gasteiger charge is 2.64. The number of aliphatic hydroxyl groups excluding tert-OH is 3. The zero-order valence-electron chi connectivity index (χ0n) is 27.9. The third-order valence-electron chi connectivity index (χ3n) is 10.5. The number of ketones is 1. The number of ether oxygens (including phenoxy) is 3. The summed E-state index contributed by atoms with van der Waals surface area (Å²) in [4.78, 5) is 54.8. The Bertz CT molecular complexity index is 1420. The number of Topliss-reactive ketones (excluding diaryl/α,β-unsaturated/α-hetero) is 1. The molecule has 4 rings (SSSR count). The minimum absolute atomic E-state index is 0.121. The third-order valence-corrected chi connectivity index (χ3v) is 10.5. The van der Waals surface area contributed by atoms with Crippen LogP contribution in [0.5, 0.6) is 0 Å². The van der Waals surface area contributed by atoms with Crippen molar-refractivity contribution in [1.82, 2.24) is 4.90 Å². The molecule has 3 aliphatic rings. The first-order valence-electron chi connectivity index (χ1n) is 15.6. The van der Waals surface area contributed by atoms with Gasteiger partial charge in [-0.05, 0) is 61.4 Å².